The average Bonchev–Trinajstić information content (AvgIpc) is 2.77. The van der Waals surface area contributed by atoms with Gasteiger partial charge in [-0.2, -0.15) is 0 Å². The van der Waals surface area contributed by atoms with Crippen molar-refractivity contribution < 1.29 is 9.53 Å². The highest BCUT2D eigenvalue weighted by atomic mass is 16.5. The maximum absolute atomic E-state index is 13.0. The van der Waals surface area contributed by atoms with Crippen LogP contribution in [0.4, 0.5) is 0 Å². The number of carbonyl (C=O) groups excluding carboxylic acids is 1. The van der Waals surface area contributed by atoms with E-state index in [1.807, 2.05) is 6.20 Å². The summed E-state index contributed by atoms with van der Waals surface area (Å²) in [7, 11) is 1.77. The number of fused-ring (bicyclic) bond motifs is 1. The Morgan fingerprint density at radius 3 is 2.50 bits per heavy atom. The fourth-order valence-corrected chi connectivity index (χ4v) is 4.46. The number of H-pyrrole nitrogens is 1. The van der Waals surface area contributed by atoms with Gasteiger partial charge in [-0.1, -0.05) is 20.8 Å². The molecule has 0 atom stereocenters. The molecule has 0 spiro atoms. The van der Waals surface area contributed by atoms with Gasteiger partial charge < -0.3 is 9.72 Å². The molecule has 1 aliphatic rings. The number of aromatic amines is 1. The molecule has 0 bridgehead atoms. The Hall–Kier alpha value is -2.93. The normalized spacial score (nSPS) is 19.3. The summed E-state index contributed by atoms with van der Waals surface area (Å²) in [6.45, 7) is 7.72. The van der Waals surface area contributed by atoms with Crippen LogP contribution < -0.4 is 5.43 Å². The zero-order valence-electron chi connectivity index (χ0n) is 19.4. The molecule has 3 aromatic heterocycles. The van der Waals surface area contributed by atoms with Gasteiger partial charge in [0.05, 0.1) is 28.4 Å². The Kier molecular flexibility index (Phi) is 5.95. The molecule has 0 radical (unpaired) electrons. The number of hydrogen-bond acceptors (Lipinski definition) is 6. The number of hydrogen-bond donors (Lipinski definition) is 1. The number of nitrogens with zero attached hydrogens (tertiary/aromatic N) is 3. The Bertz CT molecular complexity index is 1220. The topological polar surface area (TPSA) is 97.8 Å². The summed E-state index contributed by atoms with van der Waals surface area (Å²) in [5.74, 6) is 0.823. The Morgan fingerprint density at radius 1 is 1.16 bits per heavy atom. The maximum Gasteiger partial charge on any atom is 0.192 e. The Balaban J connectivity index is 1.87. The number of rotatable bonds is 4. The van der Waals surface area contributed by atoms with Crippen LogP contribution in [0, 0.1) is 0 Å². The smallest absolute Gasteiger partial charge is 0.192 e. The summed E-state index contributed by atoms with van der Waals surface area (Å²) in [5.41, 5.74) is 2.81. The molecule has 1 N–H and O–H groups in total. The number of carbonyl (C=O) groups is 1. The van der Waals surface area contributed by atoms with Gasteiger partial charge >= 0.3 is 0 Å². The van der Waals surface area contributed by atoms with Crippen LogP contribution in [0.5, 0.6) is 0 Å². The first-order valence-electron chi connectivity index (χ1n) is 11.1. The second kappa shape index (κ2) is 8.54. The maximum atomic E-state index is 13.0. The summed E-state index contributed by atoms with van der Waals surface area (Å²) in [4.78, 5) is 42.1. The fourth-order valence-electron chi connectivity index (χ4n) is 4.46. The Morgan fingerprint density at radius 2 is 1.88 bits per heavy atom. The molecule has 0 unspecified atom stereocenters. The van der Waals surface area contributed by atoms with Crippen molar-refractivity contribution in [2.24, 2.45) is 0 Å². The van der Waals surface area contributed by atoms with E-state index in [0.717, 1.165) is 42.8 Å². The molecule has 7 nitrogen and oxygen atoms in total. The lowest BCUT2D eigenvalue weighted by Crippen LogP contribution is -2.23. The standard InChI is InChI=1S/C25H30N4O3/c1-14(30)22-21-18(10-11-26-22)28-19(12-20(21)31)17-13-27-24(25(2,3)4)29-23(17)15-6-8-16(32-5)9-7-15/h10-13,15-16H,6-9H2,1-5H3,(H,28,31)/t15-,16+. The van der Waals surface area contributed by atoms with Crippen LogP contribution in [-0.4, -0.2) is 38.9 Å². The van der Waals surface area contributed by atoms with Crippen LogP contribution in [-0.2, 0) is 10.2 Å². The number of ketones is 1. The van der Waals surface area contributed by atoms with Crippen LogP contribution in [0.1, 0.15) is 81.3 Å². The van der Waals surface area contributed by atoms with Crippen molar-refractivity contribution in [3.8, 4) is 11.3 Å². The fraction of sp³-hybridized carbons (Fsp3) is 0.480. The van der Waals surface area contributed by atoms with Crippen molar-refractivity contribution in [2.75, 3.05) is 7.11 Å². The van der Waals surface area contributed by atoms with Crippen LogP contribution >= 0.6 is 0 Å². The van der Waals surface area contributed by atoms with Crippen molar-refractivity contribution in [1.29, 1.82) is 0 Å². The molecule has 1 fully saturated rings. The molecule has 1 aliphatic carbocycles. The third-order valence-corrected chi connectivity index (χ3v) is 6.25. The van der Waals surface area contributed by atoms with Crippen molar-refractivity contribution >= 4 is 16.7 Å². The molecule has 0 aliphatic heterocycles. The van der Waals surface area contributed by atoms with Gasteiger partial charge in [0.2, 0.25) is 0 Å². The number of ether oxygens (including phenoxy) is 1. The van der Waals surface area contributed by atoms with E-state index < -0.39 is 0 Å². The average molecular weight is 435 g/mol. The summed E-state index contributed by atoms with van der Waals surface area (Å²) >= 11 is 0. The first-order valence-corrected chi connectivity index (χ1v) is 11.1. The van der Waals surface area contributed by atoms with Crippen LogP contribution in [0.2, 0.25) is 0 Å². The molecule has 3 heterocycles. The van der Waals surface area contributed by atoms with Crippen molar-refractivity contribution in [1.82, 2.24) is 19.9 Å². The molecule has 4 rings (SSSR count). The summed E-state index contributed by atoms with van der Waals surface area (Å²) in [6.07, 6.45) is 7.58. The highest BCUT2D eigenvalue weighted by Gasteiger charge is 2.28. The predicted octanol–water partition coefficient (Wildman–Crippen LogP) is 4.55. The second-order valence-corrected chi connectivity index (χ2v) is 9.64. The molecule has 0 aromatic carbocycles. The lowest BCUT2D eigenvalue weighted by Gasteiger charge is -2.29. The minimum atomic E-state index is -0.235. The Labute approximate surface area is 187 Å². The monoisotopic (exact) mass is 434 g/mol. The minimum Gasteiger partial charge on any atom is -0.381 e. The zero-order valence-corrected chi connectivity index (χ0v) is 19.4. The highest BCUT2D eigenvalue weighted by molar-refractivity contribution is 6.04. The van der Waals surface area contributed by atoms with Crippen molar-refractivity contribution in [3.63, 3.8) is 0 Å². The SMILES string of the molecule is CO[C@H]1CC[C@@H](c2nc(C(C)(C)C)ncc2-c2cc(=O)c3c(C(C)=O)nccc3[nH]2)CC1. The molecule has 7 heteroatoms. The van der Waals surface area contributed by atoms with E-state index >= 15 is 0 Å². The molecule has 0 saturated heterocycles. The van der Waals surface area contributed by atoms with E-state index in [1.54, 1.807) is 19.4 Å². The third-order valence-electron chi connectivity index (χ3n) is 6.25. The molecule has 1 saturated carbocycles. The zero-order chi connectivity index (χ0) is 23.0. The minimum absolute atomic E-state index is 0.185. The largest absolute Gasteiger partial charge is 0.381 e. The first-order chi connectivity index (χ1) is 15.2. The molecule has 3 aromatic rings. The molecule has 32 heavy (non-hydrogen) atoms. The quantitative estimate of drug-likeness (QED) is 0.605. The summed E-state index contributed by atoms with van der Waals surface area (Å²) in [6, 6.07) is 3.26. The van der Waals surface area contributed by atoms with Crippen LogP contribution in [0.25, 0.3) is 22.2 Å². The lowest BCUT2D eigenvalue weighted by molar-refractivity contribution is 0.0655. The van der Waals surface area contributed by atoms with Gasteiger partial charge in [-0.15, -0.1) is 0 Å². The number of methoxy groups -OCH3 is 1. The van der Waals surface area contributed by atoms with E-state index in [4.69, 9.17) is 9.72 Å². The van der Waals surface area contributed by atoms with E-state index in [-0.39, 0.29) is 34.3 Å². The van der Waals surface area contributed by atoms with E-state index in [1.165, 1.54) is 13.0 Å². The van der Waals surface area contributed by atoms with Crippen LogP contribution in [0.3, 0.4) is 0 Å². The van der Waals surface area contributed by atoms with Gasteiger partial charge in [0.25, 0.3) is 0 Å². The van der Waals surface area contributed by atoms with Gasteiger partial charge in [-0.25, -0.2) is 9.97 Å². The van der Waals surface area contributed by atoms with Gasteiger partial charge in [0.15, 0.2) is 11.2 Å². The van der Waals surface area contributed by atoms with Gasteiger partial charge in [0, 0.05) is 49.4 Å². The first kappa shape index (κ1) is 22.3. The van der Waals surface area contributed by atoms with E-state index in [0.29, 0.717) is 16.6 Å². The van der Waals surface area contributed by atoms with Crippen molar-refractivity contribution in [3.05, 3.63) is 52.0 Å². The molecular weight excluding hydrogens is 404 g/mol. The van der Waals surface area contributed by atoms with Gasteiger partial charge in [-0.3, -0.25) is 14.6 Å². The molecule has 0 amide bonds. The summed E-state index contributed by atoms with van der Waals surface area (Å²) in [5, 5.41) is 0.318. The lowest BCUT2D eigenvalue weighted by atomic mass is 9.83. The summed E-state index contributed by atoms with van der Waals surface area (Å²) < 4.78 is 5.55. The third kappa shape index (κ3) is 4.21. The molecule has 168 valence electrons. The van der Waals surface area contributed by atoms with Crippen molar-refractivity contribution in [2.45, 2.75) is 70.8 Å². The van der Waals surface area contributed by atoms with Gasteiger partial charge in [0.1, 0.15) is 11.5 Å². The van der Waals surface area contributed by atoms with E-state index in [9.17, 15) is 9.59 Å². The number of pyridine rings is 2. The highest BCUT2D eigenvalue weighted by Crippen LogP contribution is 2.38. The number of Topliss-reactive ketones (excluding diaryl/α,β-unsaturated/α-hetero) is 1. The molecular formula is C25H30N4O3. The number of nitrogens with one attached hydrogen (secondary N) is 1. The number of aromatic nitrogens is 4. The second-order valence-electron chi connectivity index (χ2n) is 9.64. The van der Waals surface area contributed by atoms with Gasteiger partial charge in [-0.05, 0) is 31.7 Å². The van der Waals surface area contributed by atoms with Crippen LogP contribution in [0.15, 0.2) is 29.3 Å². The van der Waals surface area contributed by atoms with E-state index in [2.05, 4.69) is 35.7 Å². The predicted molar refractivity (Wildman–Crippen MR) is 124 cm³/mol.